The fourth-order valence-electron chi connectivity index (χ4n) is 0.528. The Bertz CT molecular complexity index is 339. The Morgan fingerprint density at radius 1 is 1.27 bits per heavy atom. The summed E-state index contributed by atoms with van der Waals surface area (Å²) >= 11 is 0. The lowest BCUT2D eigenvalue weighted by Crippen LogP contribution is -2.50. The number of rotatable bonds is 4. The molecule has 3 N–H and O–H groups in total. The van der Waals surface area contributed by atoms with E-state index in [-0.39, 0.29) is 0 Å². The zero-order chi connectivity index (χ0) is 12.5. The third kappa shape index (κ3) is 3.77. The molecular weight excluding hydrogens is 222 g/mol. The maximum absolute atomic E-state index is 11.5. The topological polar surface area (TPSA) is 104 Å². The van der Waals surface area contributed by atoms with Crippen LogP contribution < -0.4 is 4.72 Å². The first-order valence-electron chi connectivity index (χ1n) is 4.35. The number of hydrogen-bond donors (Lipinski definition) is 3. The third-order valence-electron chi connectivity index (χ3n) is 1.87. The van der Waals surface area contributed by atoms with Gasteiger partial charge in [0.2, 0.25) is 10.0 Å². The Kier molecular flexibility index (Phi) is 3.89. The van der Waals surface area contributed by atoms with Crippen molar-refractivity contribution in [1.29, 1.82) is 0 Å². The quantitative estimate of drug-likeness (QED) is 0.616. The van der Waals surface area contributed by atoms with Gasteiger partial charge in [-0.1, -0.05) is 0 Å². The molecule has 0 saturated carbocycles. The van der Waals surface area contributed by atoms with E-state index in [2.05, 4.69) is 4.72 Å². The summed E-state index contributed by atoms with van der Waals surface area (Å²) in [5.41, 5.74) is -2.10. The van der Waals surface area contributed by atoms with Crippen LogP contribution >= 0.6 is 0 Å². The van der Waals surface area contributed by atoms with Gasteiger partial charge >= 0.3 is 5.97 Å². The van der Waals surface area contributed by atoms with Crippen LogP contribution in [0.1, 0.15) is 27.7 Å². The number of aliphatic carboxylic acids is 1. The fraction of sp³-hybridized carbons (Fsp3) is 0.875. The number of carbonyl (C=O) groups is 1. The Morgan fingerprint density at radius 2 is 1.67 bits per heavy atom. The summed E-state index contributed by atoms with van der Waals surface area (Å²) in [5.74, 6) is -1.47. The molecule has 0 aromatic rings. The summed E-state index contributed by atoms with van der Waals surface area (Å²) in [4.78, 5) is 10.5. The van der Waals surface area contributed by atoms with Gasteiger partial charge < -0.3 is 10.2 Å². The van der Waals surface area contributed by atoms with Gasteiger partial charge in [-0.2, -0.15) is 0 Å². The summed E-state index contributed by atoms with van der Waals surface area (Å²) < 4.78 is 24.0. The van der Waals surface area contributed by atoms with Crippen LogP contribution in [0.15, 0.2) is 0 Å². The Labute approximate surface area is 89.4 Å². The molecule has 6 nitrogen and oxygen atoms in total. The van der Waals surface area contributed by atoms with E-state index >= 15 is 0 Å². The molecule has 0 spiro atoms. The number of hydrogen-bond acceptors (Lipinski definition) is 4. The number of aliphatic hydroxyl groups is 1. The molecule has 7 heteroatoms. The van der Waals surface area contributed by atoms with Crippen molar-refractivity contribution in [1.82, 2.24) is 4.72 Å². The highest BCUT2D eigenvalue weighted by Crippen LogP contribution is 2.14. The van der Waals surface area contributed by atoms with E-state index in [1.165, 1.54) is 20.8 Å². The van der Waals surface area contributed by atoms with Gasteiger partial charge in [-0.3, -0.25) is 0 Å². The van der Waals surface area contributed by atoms with Crippen molar-refractivity contribution >= 4 is 16.0 Å². The maximum Gasteiger partial charge on any atom is 0.336 e. The smallest absolute Gasteiger partial charge is 0.336 e. The third-order valence-corrected chi connectivity index (χ3v) is 4.01. The van der Waals surface area contributed by atoms with Gasteiger partial charge in [0, 0.05) is 6.54 Å². The maximum atomic E-state index is 11.5. The van der Waals surface area contributed by atoms with Crippen molar-refractivity contribution in [2.75, 3.05) is 6.54 Å². The second-order valence-corrected chi connectivity index (χ2v) is 7.04. The Morgan fingerprint density at radius 3 is 1.93 bits per heavy atom. The van der Waals surface area contributed by atoms with Crippen LogP contribution in [-0.4, -0.2) is 41.5 Å². The molecule has 0 bridgehead atoms. The van der Waals surface area contributed by atoms with Crippen LogP contribution in [0.4, 0.5) is 0 Å². The minimum Gasteiger partial charge on any atom is -0.479 e. The molecule has 1 unspecified atom stereocenters. The second-order valence-electron chi connectivity index (χ2n) is 4.52. The lowest BCUT2D eigenvalue weighted by atomic mass is 10.1. The molecule has 0 amide bonds. The first-order chi connectivity index (χ1) is 6.40. The van der Waals surface area contributed by atoms with Crippen LogP contribution in [0.2, 0.25) is 0 Å². The number of nitrogens with one attached hydrogen (secondary N) is 1. The van der Waals surface area contributed by atoms with E-state index in [0.717, 1.165) is 6.92 Å². The first kappa shape index (κ1) is 14.3. The predicted molar refractivity (Wildman–Crippen MR) is 54.9 cm³/mol. The molecule has 0 radical (unpaired) electrons. The summed E-state index contributed by atoms with van der Waals surface area (Å²) in [6.45, 7) is 4.91. The average molecular weight is 239 g/mol. The van der Waals surface area contributed by atoms with Crippen molar-refractivity contribution in [3.8, 4) is 0 Å². The molecule has 1 atom stereocenters. The fourth-order valence-corrected chi connectivity index (χ4v) is 1.43. The van der Waals surface area contributed by atoms with E-state index < -0.39 is 32.9 Å². The van der Waals surface area contributed by atoms with Gasteiger partial charge in [0.25, 0.3) is 0 Å². The van der Waals surface area contributed by atoms with E-state index in [0.29, 0.717) is 0 Å². The predicted octanol–water partition coefficient (Wildman–Crippen LogP) is -0.460. The molecule has 0 saturated heterocycles. The van der Waals surface area contributed by atoms with Gasteiger partial charge in [-0.25, -0.2) is 17.9 Å². The van der Waals surface area contributed by atoms with Crippen molar-refractivity contribution in [3.05, 3.63) is 0 Å². The molecule has 0 aromatic carbocycles. The van der Waals surface area contributed by atoms with E-state index in [9.17, 15) is 18.3 Å². The summed E-state index contributed by atoms with van der Waals surface area (Å²) in [6, 6.07) is 0. The van der Waals surface area contributed by atoms with E-state index in [1.807, 2.05) is 0 Å². The number of carboxylic acids is 1. The SMILES string of the molecule is CC(O)(CNS(=O)(=O)C(C)(C)C)C(=O)O. The molecule has 0 aliphatic heterocycles. The normalized spacial score (nSPS) is 17.1. The number of carboxylic acid groups (broad SMARTS) is 1. The highest BCUT2D eigenvalue weighted by atomic mass is 32.2. The highest BCUT2D eigenvalue weighted by molar-refractivity contribution is 7.90. The Balaban J connectivity index is 4.62. The standard InChI is InChI=1S/C8H17NO5S/c1-7(2,3)15(13,14)9-5-8(4,12)6(10)11/h9,12H,5H2,1-4H3,(H,10,11). The molecule has 0 heterocycles. The molecule has 0 aliphatic carbocycles. The monoisotopic (exact) mass is 239 g/mol. The minimum absolute atomic E-state index is 0.554. The largest absolute Gasteiger partial charge is 0.479 e. The molecule has 0 aliphatic rings. The minimum atomic E-state index is -3.64. The van der Waals surface area contributed by atoms with E-state index in [1.54, 1.807) is 0 Å². The zero-order valence-electron chi connectivity index (χ0n) is 9.23. The molecule has 0 aromatic heterocycles. The molecule has 0 rings (SSSR count). The van der Waals surface area contributed by atoms with Crippen molar-refractivity contribution in [3.63, 3.8) is 0 Å². The highest BCUT2D eigenvalue weighted by Gasteiger charge is 2.35. The summed E-state index contributed by atoms with van der Waals surface area (Å²) in [7, 11) is -3.64. The lowest BCUT2D eigenvalue weighted by molar-refractivity contribution is -0.155. The molecule has 0 fully saturated rings. The van der Waals surface area contributed by atoms with Crippen LogP contribution in [0.25, 0.3) is 0 Å². The van der Waals surface area contributed by atoms with Crippen molar-refractivity contribution in [2.24, 2.45) is 0 Å². The Hall–Kier alpha value is -0.660. The molecule has 90 valence electrons. The van der Waals surface area contributed by atoms with Gasteiger partial charge in [0.05, 0.1) is 4.75 Å². The molecule has 15 heavy (non-hydrogen) atoms. The number of sulfonamides is 1. The zero-order valence-corrected chi connectivity index (χ0v) is 10.1. The lowest BCUT2D eigenvalue weighted by Gasteiger charge is -2.23. The van der Waals surface area contributed by atoms with Gasteiger partial charge in [-0.15, -0.1) is 0 Å². The summed E-state index contributed by atoms with van der Waals surface area (Å²) in [6.07, 6.45) is 0. The summed E-state index contributed by atoms with van der Waals surface area (Å²) in [5, 5.41) is 17.9. The van der Waals surface area contributed by atoms with Gasteiger partial charge in [0.1, 0.15) is 0 Å². The van der Waals surface area contributed by atoms with E-state index in [4.69, 9.17) is 5.11 Å². The van der Waals surface area contributed by atoms with Crippen LogP contribution in [0.3, 0.4) is 0 Å². The second kappa shape index (κ2) is 4.07. The molecular formula is C8H17NO5S. The van der Waals surface area contributed by atoms with Crippen LogP contribution in [0.5, 0.6) is 0 Å². The average Bonchev–Trinajstić information content (AvgIpc) is 1.99. The first-order valence-corrected chi connectivity index (χ1v) is 5.83. The van der Waals surface area contributed by atoms with Crippen LogP contribution in [0, 0.1) is 0 Å². The van der Waals surface area contributed by atoms with Crippen LogP contribution in [-0.2, 0) is 14.8 Å². The van der Waals surface area contributed by atoms with Crippen molar-refractivity contribution in [2.45, 2.75) is 38.0 Å². The van der Waals surface area contributed by atoms with Crippen molar-refractivity contribution < 1.29 is 23.4 Å². The van der Waals surface area contributed by atoms with Gasteiger partial charge in [0.15, 0.2) is 5.60 Å². The van der Waals surface area contributed by atoms with Gasteiger partial charge in [-0.05, 0) is 27.7 Å².